The van der Waals surface area contributed by atoms with E-state index in [9.17, 15) is 4.79 Å². The van der Waals surface area contributed by atoms with Crippen LogP contribution in [0.1, 0.15) is 19.8 Å². The van der Waals surface area contributed by atoms with Crippen LogP contribution in [0, 0.1) is 17.2 Å². The smallest absolute Gasteiger partial charge is 0.320 e. The molecule has 68 valence electrons. The van der Waals surface area contributed by atoms with Gasteiger partial charge in [0, 0.05) is 13.2 Å². The van der Waals surface area contributed by atoms with E-state index in [2.05, 4.69) is 0 Å². The van der Waals surface area contributed by atoms with Gasteiger partial charge in [0.15, 0.2) is 0 Å². The third-order valence-electron chi connectivity index (χ3n) is 1.35. The molecular formula is C8H13NO3. The molecule has 0 bridgehead atoms. The Balaban J connectivity index is 3.47. The van der Waals surface area contributed by atoms with Gasteiger partial charge in [0.1, 0.15) is 5.92 Å². The number of ether oxygens (including phenoxy) is 1. The molecule has 0 fully saturated rings. The van der Waals surface area contributed by atoms with E-state index in [1.54, 1.807) is 6.07 Å². The zero-order valence-electron chi connectivity index (χ0n) is 7.12. The molecule has 0 saturated carbocycles. The van der Waals surface area contributed by atoms with Crippen LogP contribution in [-0.4, -0.2) is 24.3 Å². The van der Waals surface area contributed by atoms with Crippen molar-refractivity contribution in [2.75, 3.05) is 13.2 Å². The van der Waals surface area contributed by atoms with Crippen molar-refractivity contribution in [3.05, 3.63) is 0 Å². The monoisotopic (exact) mass is 171 g/mol. The lowest BCUT2D eigenvalue weighted by Gasteiger charge is -2.03. The van der Waals surface area contributed by atoms with Crippen molar-refractivity contribution in [1.82, 2.24) is 0 Å². The molecule has 4 nitrogen and oxygen atoms in total. The Kier molecular flexibility index (Phi) is 6.02. The first-order valence-corrected chi connectivity index (χ1v) is 3.92. The van der Waals surface area contributed by atoms with Gasteiger partial charge >= 0.3 is 5.97 Å². The number of aliphatic carboxylic acids is 1. The second-order valence-corrected chi connectivity index (χ2v) is 2.42. The Morgan fingerprint density at radius 3 is 2.75 bits per heavy atom. The fourth-order valence-corrected chi connectivity index (χ4v) is 0.691. The van der Waals surface area contributed by atoms with Crippen molar-refractivity contribution in [2.45, 2.75) is 19.8 Å². The number of carboxylic acids is 1. The molecule has 0 aromatic carbocycles. The quantitative estimate of drug-likeness (QED) is 0.606. The van der Waals surface area contributed by atoms with Crippen molar-refractivity contribution in [2.24, 2.45) is 5.92 Å². The normalized spacial score (nSPS) is 12.0. The van der Waals surface area contributed by atoms with E-state index in [4.69, 9.17) is 15.1 Å². The first-order valence-electron chi connectivity index (χ1n) is 3.92. The van der Waals surface area contributed by atoms with E-state index in [-0.39, 0.29) is 6.42 Å². The van der Waals surface area contributed by atoms with Crippen molar-refractivity contribution in [1.29, 1.82) is 5.26 Å². The molecule has 0 aliphatic heterocycles. The van der Waals surface area contributed by atoms with Crippen molar-refractivity contribution in [3.8, 4) is 6.07 Å². The molecule has 1 unspecified atom stereocenters. The fourth-order valence-electron chi connectivity index (χ4n) is 0.691. The minimum absolute atomic E-state index is 0.270. The van der Waals surface area contributed by atoms with Gasteiger partial charge in [0.25, 0.3) is 0 Å². The molecule has 0 aliphatic carbocycles. The molecule has 1 atom stereocenters. The molecule has 0 aromatic heterocycles. The zero-order chi connectivity index (χ0) is 9.40. The van der Waals surface area contributed by atoms with Gasteiger partial charge in [-0.2, -0.15) is 5.26 Å². The summed E-state index contributed by atoms with van der Waals surface area (Å²) in [5.41, 5.74) is 0. The lowest BCUT2D eigenvalue weighted by atomic mass is 10.1. The summed E-state index contributed by atoms with van der Waals surface area (Å²) in [5, 5.41) is 16.8. The molecule has 0 spiro atoms. The largest absolute Gasteiger partial charge is 0.480 e. The van der Waals surface area contributed by atoms with Gasteiger partial charge in [-0.1, -0.05) is 6.92 Å². The summed E-state index contributed by atoms with van der Waals surface area (Å²) in [6, 6.07) is 1.70. The number of nitrogens with zero attached hydrogens (tertiary/aromatic N) is 1. The number of hydrogen-bond acceptors (Lipinski definition) is 3. The summed E-state index contributed by atoms with van der Waals surface area (Å²) < 4.78 is 5.05. The number of nitriles is 1. The van der Waals surface area contributed by atoms with Crippen LogP contribution in [0.4, 0.5) is 0 Å². The van der Waals surface area contributed by atoms with Gasteiger partial charge in [-0.05, 0) is 12.8 Å². The van der Waals surface area contributed by atoms with Gasteiger partial charge in [-0.3, -0.25) is 4.79 Å². The second-order valence-electron chi connectivity index (χ2n) is 2.42. The lowest BCUT2D eigenvalue weighted by molar-refractivity contribution is -0.140. The predicted molar refractivity (Wildman–Crippen MR) is 42.5 cm³/mol. The molecule has 0 rings (SSSR count). The van der Waals surface area contributed by atoms with E-state index in [1.807, 2.05) is 6.92 Å². The molecule has 4 heteroatoms. The van der Waals surface area contributed by atoms with Crippen LogP contribution in [0.15, 0.2) is 0 Å². The van der Waals surface area contributed by atoms with E-state index in [1.165, 1.54) is 0 Å². The molecule has 0 aliphatic rings. The Morgan fingerprint density at radius 2 is 2.33 bits per heavy atom. The van der Waals surface area contributed by atoms with Crippen LogP contribution >= 0.6 is 0 Å². The van der Waals surface area contributed by atoms with E-state index < -0.39 is 11.9 Å². The summed E-state index contributed by atoms with van der Waals surface area (Å²) in [5.74, 6) is -2.00. The Morgan fingerprint density at radius 1 is 1.67 bits per heavy atom. The third kappa shape index (κ3) is 4.69. The summed E-state index contributed by atoms with van der Waals surface area (Å²) in [4.78, 5) is 10.3. The Labute approximate surface area is 71.8 Å². The summed E-state index contributed by atoms with van der Waals surface area (Å²) in [7, 11) is 0. The van der Waals surface area contributed by atoms with E-state index in [0.29, 0.717) is 13.2 Å². The maximum absolute atomic E-state index is 10.3. The first kappa shape index (κ1) is 10.9. The number of carboxylic acid groups (broad SMARTS) is 1. The van der Waals surface area contributed by atoms with Crippen LogP contribution in [-0.2, 0) is 9.53 Å². The van der Waals surface area contributed by atoms with Crippen LogP contribution in [0.5, 0.6) is 0 Å². The van der Waals surface area contributed by atoms with Crippen molar-refractivity contribution >= 4 is 5.97 Å². The maximum Gasteiger partial charge on any atom is 0.320 e. The molecule has 0 saturated heterocycles. The van der Waals surface area contributed by atoms with E-state index >= 15 is 0 Å². The molecule has 12 heavy (non-hydrogen) atoms. The van der Waals surface area contributed by atoms with Gasteiger partial charge in [-0.25, -0.2) is 0 Å². The highest BCUT2D eigenvalue weighted by Crippen LogP contribution is 2.01. The molecule has 0 radical (unpaired) electrons. The average molecular weight is 171 g/mol. The Bertz CT molecular complexity index is 174. The minimum Gasteiger partial charge on any atom is -0.480 e. The fraction of sp³-hybridized carbons (Fsp3) is 0.750. The van der Waals surface area contributed by atoms with Crippen LogP contribution in [0.2, 0.25) is 0 Å². The SMILES string of the molecule is CCCOCCC(C#N)C(=O)O. The topological polar surface area (TPSA) is 70.3 Å². The van der Waals surface area contributed by atoms with Gasteiger partial charge in [0.2, 0.25) is 0 Å². The van der Waals surface area contributed by atoms with Crippen molar-refractivity contribution in [3.63, 3.8) is 0 Å². The molecular weight excluding hydrogens is 158 g/mol. The summed E-state index contributed by atoms with van der Waals surface area (Å²) >= 11 is 0. The van der Waals surface area contributed by atoms with Gasteiger partial charge in [-0.15, -0.1) is 0 Å². The predicted octanol–water partition coefficient (Wildman–Crippen LogP) is 1.03. The molecule has 1 N–H and O–H groups in total. The molecule has 0 amide bonds. The van der Waals surface area contributed by atoms with E-state index in [0.717, 1.165) is 6.42 Å². The second kappa shape index (κ2) is 6.62. The lowest BCUT2D eigenvalue weighted by Crippen LogP contribution is -2.14. The number of rotatable bonds is 6. The summed E-state index contributed by atoms with van der Waals surface area (Å²) in [6.07, 6.45) is 1.18. The highest BCUT2D eigenvalue weighted by atomic mass is 16.5. The van der Waals surface area contributed by atoms with Crippen molar-refractivity contribution < 1.29 is 14.6 Å². The maximum atomic E-state index is 10.3. The number of hydrogen-bond donors (Lipinski definition) is 1. The molecule has 0 aromatic rings. The average Bonchev–Trinajstić information content (AvgIpc) is 2.04. The highest BCUT2D eigenvalue weighted by molar-refractivity contribution is 5.72. The highest BCUT2D eigenvalue weighted by Gasteiger charge is 2.15. The Hall–Kier alpha value is -1.08. The third-order valence-corrected chi connectivity index (χ3v) is 1.35. The standard InChI is InChI=1S/C8H13NO3/c1-2-4-12-5-3-7(6-9)8(10)11/h7H,2-5H2,1H3,(H,10,11). The summed E-state index contributed by atoms with van der Waals surface area (Å²) in [6.45, 7) is 2.94. The van der Waals surface area contributed by atoms with Crippen LogP contribution in [0.25, 0.3) is 0 Å². The minimum atomic E-state index is -1.07. The van der Waals surface area contributed by atoms with Crippen LogP contribution < -0.4 is 0 Å². The van der Waals surface area contributed by atoms with Gasteiger partial charge in [0.05, 0.1) is 6.07 Å². The van der Waals surface area contributed by atoms with Gasteiger partial charge < -0.3 is 9.84 Å². The first-order chi connectivity index (χ1) is 5.72. The molecule has 0 heterocycles. The van der Waals surface area contributed by atoms with Crippen LogP contribution in [0.3, 0.4) is 0 Å². The number of carbonyl (C=O) groups is 1. The zero-order valence-corrected chi connectivity index (χ0v) is 7.12.